The quantitative estimate of drug-likeness (QED) is 0.821. The third-order valence-corrected chi connectivity index (χ3v) is 4.68. The predicted molar refractivity (Wildman–Crippen MR) is 90.6 cm³/mol. The lowest BCUT2D eigenvalue weighted by atomic mass is 10.2. The van der Waals surface area contributed by atoms with E-state index in [0.717, 1.165) is 13.1 Å². The van der Waals surface area contributed by atoms with Crippen LogP contribution in [0.25, 0.3) is 0 Å². The van der Waals surface area contributed by atoms with Gasteiger partial charge in [0.2, 0.25) is 0 Å². The number of benzene rings is 1. The van der Waals surface area contributed by atoms with Crippen molar-refractivity contribution in [2.24, 2.45) is 0 Å². The minimum absolute atomic E-state index is 0.0120. The van der Waals surface area contributed by atoms with Crippen LogP contribution in [-0.2, 0) is 11.3 Å². The average molecular weight is 319 g/mol. The summed E-state index contributed by atoms with van der Waals surface area (Å²) in [6.07, 6.45) is 0. The molecule has 0 saturated carbocycles. The van der Waals surface area contributed by atoms with E-state index < -0.39 is 0 Å². The highest BCUT2D eigenvalue weighted by Crippen LogP contribution is 2.22. The van der Waals surface area contributed by atoms with Gasteiger partial charge in [-0.3, -0.25) is 4.79 Å². The van der Waals surface area contributed by atoms with Gasteiger partial charge in [0.1, 0.15) is 12.3 Å². The van der Waals surface area contributed by atoms with Gasteiger partial charge in [-0.2, -0.15) is 0 Å². The van der Waals surface area contributed by atoms with Crippen LogP contribution in [-0.4, -0.2) is 25.6 Å². The van der Waals surface area contributed by atoms with Crippen molar-refractivity contribution < 1.29 is 14.4 Å². The summed E-state index contributed by atoms with van der Waals surface area (Å²) in [4.78, 5) is 15.1. The van der Waals surface area contributed by atoms with Crippen molar-refractivity contribution in [2.45, 2.75) is 26.4 Å². The molecule has 5 heteroatoms. The van der Waals surface area contributed by atoms with Crippen molar-refractivity contribution in [3.63, 3.8) is 0 Å². The van der Waals surface area contributed by atoms with E-state index in [1.807, 2.05) is 37.3 Å². The molecule has 0 saturated heterocycles. The Balaban J connectivity index is 2.03. The van der Waals surface area contributed by atoms with E-state index in [0.29, 0.717) is 11.4 Å². The normalized spacial score (nSPS) is 13.4. The predicted octanol–water partition coefficient (Wildman–Crippen LogP) is 2.19. The minimum atomic E-state index is -0.128. The smallest absolute Gasteiger partial charge is 0.282 e. The molecule has 0 spiro atoms. The van der Waals surface area contributed by atoms with Gasteiger partial charge in [-0.15, -0.1) is 11.3 Å². The van der Waals surface area contributed by atoms with Crippen LogP contribution in [0, 0.1) is 0 Å². The molecule has 1 heterocycles. The first-order valence-corrected chi connectivity index (χ1v) is 8.34. The summed E-state index contributed by atoms with van der Waals surface area (Å²) < 4.78 is 5.28. The molecule has 0 radical (unpaired) electrons. The first kappa shape index (κ1) is 16.5. The maximum Gasteiger partial charge on any atom is 0.282 e. The summed E-state index contributed by atoms with van der Waals surface area (Å²) in [5, 5.41) is 5.05. The zero-order chi connectivity index (χ0) is 15.9. The van der Waals surface area contributed by atoms with E-state index in [9.17, 15) is 4.79 Å². The van der Waals surface area contributed by atoms with Crippen molar-refractivity contribution in [3.05, 3.63) is 46.7 Å². The third-order valence-electron chi connectivity index (χ3n) is 3.81. The molecule has 2 N–H and O–H groups in total. The summed E-state index contributed by atoms with van der Waals surface area (Å²) >= 11 is 1.73. The van der Waals surface area contributed by atoms with E-state index in [-0.39, 0.29) is 11.9 Å². The molecule has 2 atom stereocenters. The van der Waals surface area contributed by atoms with Crippen LogP contribution >= 0.6 is 11.3 Å². The van der Waals surface area contributed by atoms with E-state index >= 15 is 0 Å². The third kappa shape index (κ3) is 4.08. The fraction of sp³-hybridized carbons (Fsp3) is 0.353. The number of amides is 1. The van der Waals surface area contributed by atoms with Crippen LogP contribution in [0.15, 0.2) is 41.8 Å². The van der Waals surface area contributed by atoms with Gasteiger partial charge in [0.25, 0.3) is 5.91 Å². The Kier molecular flexibility index (Phi) is 5.98. The standard InChI is InChI=1S/C17H22N2O2S/c1-4-19(12-14-8-7-11-22-14)13(2)17(20)18-15-9-5-6-10-16(15)21-3/h5-11,13H,4,12H2,1-3H3,(H,18,20)/p+1/t13-/m0/s1. The van der Waals surface area contributed by atoms with Crippen molar-refractivity contribution in [1.82, 2.24) is 0 Å². The van der Waals surface area contributed by atoms with Crippen LogP contribution in [0.5, 0.6) is 5.75 Å². The van der Waals surface area contributed by atoms with Crippen LogP contribution in [0.2, 0.25) is 0 Å². The Morgan fingerprint density at radius 1 is 1.32 bits per heavy atom. The lowest BCUT2D eigenvalue weighted by Gasteiger charge is -2.23. The van der Waals surface area contributed by atoms with Crippen LogP contribution in [0.4, 0.5) is 5.69 Å². The number of hydrogen-bond acceptors (Lipinski definition) is 3. The van der Waals surface area contributed by atoms with Gasteiger partial charge in [-0.1, -0.05) is 18.2 Å². The number of quaternary nitrogens is 1. The number of nitrogens with one attached hydrogen (secondary N) is 2. The molecule has 0 fully saturated rings. The van der Waals surface area contributed by atoms with Gasteiger partial charge in [-0.05, 0) is 37.4 Å². The van der Waals surface area contributed by atoms with Gasteiger partial charge in [-0.25, -0.2) is 0 Å². The summed E-state index contributed by atoms with van der Waals surface area (Å²) in [6.45, 7) is 5.85. The van der Waals surface area contributed by atoms with Gasteiger partial charge < -0.3 is 15.0 Å². The van der Waals surface area contributed by atoms with E-state index in [4.69, 9.17) is 4.74 Å². The molecule has 1 unspecified atom stereocenters. The molecule has 0 aliphatic rings. The van der Waals surface area contributed by atoms with E-state index in [1.165, 1.54) is 9.78 Å². The maximum absolute atomic E-state index is 12.5. The van der Waals surface area contributed by atoms with Crippen molar-refractivity contribution in [1.29, 1.82) is 0 Å². The highest BCUT2D eigenvalue weighted by Gasteiger charge is 2.25. The molecule has 4 nitrogen and oxygen atoms in total. The number of carbonyl (C=O) groups excluding carboxylic acids is 1. The number of anilines is 1. The molecule has 2 aromatic rings. The fourth-order valence-corrected chi connectivity index (χ4v) is 3.15. The SMILES string of the molecule is CC[NH+](Cc1cccs1)[C@@H](C)C(=O)Nc1ccccc1OC. The number of ether oxygens (including phenoxy) is 1. The number of hydrogen-bond donors (Lipinski definition) is 2. The van der Waals surface area contributed by atoms with Gasteiger partial charge >= 0.3 is 0 Å². The van der Waals surface area contributed by atoms with Crippen LogP contribution in [0.1, 0.15) is 18.7 Å². The Morgan fingerprint density at radius 2 is 2.09 bits per heavy atom. The summed E-state index contributed by atoms with van der Waals surface area (Å²) in [7, 11) is 1.61. The molecule has 0 bridgehead atoms. The second-order valence-corrected chi connectivity index (χ2v) is 6.21. The minimum Gasteiger partial charge on any atom is -0.495 e. The molecule has 0 aliphatic carbocycles. The van der Waals surface area contributed by atoms with Crippen molar-refractivity contribution in [2.75, 3.05) is 19.0 Å². The van der Waals surface area contributed by atoms with Crippen LogP contribution < -0.4 is 15.0 Å². The zero-order valence-corrected chi connectivity index (χ0v) is 14.1. The molecule has 118 valence electrons. The first-order valence-electron chi connectivity index (χ1n) is 7.46. The van der Waals surface area contributed by atoms with Gasteiger partial charge in [0, 0.05) is 0 Å². The number of para-hydroxylation sites is 2. The summed E-state index contributed by atoms with van der Waals surface area (Å²) in [5.41, 5.74) is 0.716. The average Bonchev–Trinajstić information content (AvgIpc) is 3.05. The molecular formula is C17H23N2O2S+. The van der Waals surface area contributed by atoms with Gasteiger partial charge in [0.05, 0.1) is 24.2 Å². The van der Waals surface area contributed by atoms with Crippen LogP contribution in [0.3, 0.4) is 0 Å². The van der Waals surface area contributed by atoms with Crippen molar-refractivity contribution >= 4 is 22.9 Å². The van der Waals surface area contributed by atoms with E-state index in [2.05, 4.69) is 23.7 Å². The highest BCUT2D eigenvalue weighted by atomic mass is 32.1. The zero-order valence-electron chi connectivity index (χ0n) is 13.3. The van der Waals surface area contributed by atoms with E-state index in [1.54, 1.807) is 18.4 Å². The summed E-state index contributed by atoms with van der Waals surface area (Å²) in [6, 6.07) is 11.5. The second-order valence-electron chi connectivity index (χ2n) is 5.18. The topological polar surface area (TPSA) is 42.8 Å². The maximum atomic E-state index is 12.5. The highest BCUT2D eigenvalue weighted by molar-refractivity contribution is 7.09. The van der Waals surface area contributed by atoms with Gasteiger partial charge in [0.15, 0.2) is 6.04 Å². The second kappa shape index (κ2) is 7.96. The number of carbonyl (C=O) groups is 1. The molecule has 1 aromatic heterocycles. The Morgan fingerprint density at radius 3 is 2.73 bits per heavy atom. The molecular weight excluding hydrogens is 296 g/mol. The largest absolute Gasteiger partial charge is 0.495 e. The molecule has 1 aromatic carbocycles. The molecule has 0 aliphatic heterocycles. The number of methoxy groups -OCH3 is 1. The number of thiophene rings is 1. The summed E-state index contributed by atoms with van der Waals surface area (Å²) in [5.74, 6) is 0.692. The number of likely N-dealkylation sites (N-methyl/N-ethyl adjacent to an activating group) is 1. The Bertz CT molecular complexity index is 598. The molecule has 22 heavy (non-hydrogen) atoms. The Hall–Kier alpha value is -1.85. The molecule has 2 rings (SSSR count). The number of rotatable bonds is 7. The Labute approximate surface area is 135 Å². The molecule has 1 amide bonds. The lowest BCUT2D eigenvalue weighted by molar-refractivity contribution is -0.925. The fourth-order valence-electron chi connectivity index (χ4n) is 2.40. The monoisotopic (exact) mass is 319 g/mol. The first-order chi connectivity index (χ1) is 10.7. The van der Waals surface area contributed by atoms with Crippen molar-refractivity contribution in [3.8, 4) is 5.75 Å². The lowest BCUT2D eigenvalue weighted by Crippen LogP contribution is -3.15.